The van der Waals surface area contributed by atoms with Crippen LogP contribution in [0.4, 0.5) is 0 Å². The van der Waals surface area contributed by atoms with E-state index < -0.39 is 6.04 Å². The first-order valence-electron chi connectivity index (χ1n) is 9.92. The Morgan fingerprint density at radius 3 is 2.83 bits per heavy atom. The van der Waals surface area contributed by atoms with E-state index in [0.717, 1.165) is 43.6 Å². The van der Waals surface area contributed by atoms with Gasteiger partial charge in [-0.15, -0.1) is 0 Å². The molecule has 1 unspecified atom stereocenters. The number of fused-ring (bicyclic) bond motifs is 1. The number of nitrogens with one attached hydrogen (secondary N) is 2. The van der Waals surface area contributed by atoms with Crippen LogP contribution in [0.2, 0.25) is 0 Å². The smallest absolute Gasteiger partial charge is 0.274 e. The molecule has 0 aliphatic heterocycles. The highest BCUT2D eigenvalue weighted by Crippen LogP contribution is 2.26. The number of phenols is 1. The number of amides is 2. The Labute approximate surface area is 170 Å². The van der Waals surface area contributed by atoms with Crippen LogP contribution in [0.5, 0.6) is 5.75 Å². The zero-order chi connectivity index (χ0) is 20.8. The molecule has 0 fully saturated rings. The van der Waals surface area contributed by atoms with Gasteiger partial charge in [0.1, 0.15) is 11.5 Å². The van der Waals surface area contributed by atoms with Crippen LogP contribution in [0.25, 0.3) is 0 Å². The first-order chi connectivity index (χ1) is 13.9. The second kappa shape index (κ2) is 9.56. The van der Waals surface area contributed by atoms with Gasteiger partial charge < -0.3 is 25.2 Å². The van der Waals surface area contributed by atoms with Crippen LogP contribution in [0.15, 0.2) is 28.8 Å². The standard InChI is InChI=1S/C21H28N4O4/c1-25(2)11-10-22-19(27)13-17(14-6-5-7-15(26)12-14)23-21(28)20-16-8-3-4-9-18(16)29-24-20/h5-7,12,17,26H,3-4,8-11,13H2,1-2H3,(H,22,27)(H,23,28). The largest absolute Gasteiger partial charge is 0.508 e. The van der Waals surface area contributed by atoms with Crippen molar-refractivity contribution in [1.82, 2.24) is 20.7 Å². The molecule has 3 N–H and O–H groups in total. The molecule has 8 heteroatoms. The molecular weight excluding hydrogens is 372 g/mol. The fourth-order valence-electron chi connectivity index (χ4n) is 3.46. The maximum atomic E-state index is 12.9. The number of carbonyl (C=O) groups is 2. The molecule has 0 saturated heterocycles. The van der Waals surface area contributed by atoms with Gasteiger partial charge in [-0.25, -0.2) is 0 Å². The maximum absolute atomic E-state index is 12.9. The average Bonchev–Trinajstić information content (AvgIpc) is 3.11. The molecule has 1 aromatic carbocycles. The van der Waals surface area contributed by atoms with E-state index in [1.165, 1.54) is 0 Å². The third-order valence-corrected chi connectivity index (χ3v) is 5.01. The number of nitrogens with zero attached hydrogens (tertiary/aromatic N) is 2. The number of benzene rings is 1. The SMILES string of the molecule is CN(C)CCNC(=O)CC(NC(=O)c1noc2c1CCCC2)c1cccc(O)c1. The van der Waals surface area contributed by atoms with E-state index >= 15 is 0 Å². The summed E-state index contributed by atoms with van der Waals surface area (Å²) in [6, 6.07) is 5.97. The molecule has 3 rings (SSSR count). The molecule has 1 heterocycles. The minimum atomic E-state index is -0.593. The van der Waals surface area contributed by atoms with Crippen molar-refractivity contribution in [1.29, 1.82) is 0 Å². The lowest BCUT2D eigenvalue weighted by atomic mass is 9.96. The molecule has 1 aliphatic carbocycles. The van der Waals surface area contributed by atoms with Crippen molar-refractivity contribution in [3.63, 3.8) is 0 Å². The summed E-state index contributed by atoms with van der Waals surface area (Å²) >= 11 is 0. The minimum absolute atomic E-state index is 0.0582. The zero-order valence-electron chi connectivity index (χ0n) is 16.9. The summed E-state index contributed by atoms with van der Waals surface area (Å²) in [6.07, 6.45) is 3.65. The summed E-state index contributed by atoms with van der Waals surface area (Å²) in [7, 11) is 3.86. The lowest BCUT2D eigenvalue weighted by molar-refractivity contribution is -0.121. The van der Waals surface area contributed by atoms with Gasteiger partial charge in [-0.2, -0.15) is 0 Å². The Hall–Kier alpha value is -2.87. The van der Waals surface area contributed by atoms with Gasteiger partial charge in [0.25, 0.3) is 5.91 Å². The van der Waals surface area contributed by atoms with Crippen LogP contribution in [0, 0.1) is 0 Å². The van der Waals surface area contributed by atoms with E-state index in [4.69, 9.17) is 4.52 Å². The van der Waals surface area contributed by atoms with E-state index in [1.807, 2.05) is 19.0 Å². The van der Waals surface area contributed by atoms with Gasteiger partial charge in [-0.3, -0.25) is 9.59 Å². The number of hydrogen-bond donors (Lipinski definition) is 3. The van der Waals surface area contributed by atoms with Crippen LogP contribution < -0.4 is 10.6 Å². The van der Waals surface area contributed by atoms with Gasteiger partial charge in [0.15, 0.2) is 5.69 Å². The number of hydrogen-bond acceptors (Lipinski definition) is 6. The van der Waals surface area contributed by atoms with Gasteiger partial charge in [0, 0.05) is 25.1 Å². The van der Waals surface area contributed by atoms with Gasteiger partial charge in [0.2, 0.25) is 5.91 Å². The van der Waals surface area contributed by atoms with Gasteiger partial charge >= 0.3 is 0 Å². The van der Waals surface area contributed by atoms with Crippen LogP contribution in [0.1, 0.15) is 52.7 Å². The molecule has 8 nitrogen and oxygen atoms in total. The van der Waals surface area contributed by atoms with Crippen LogP contribution >= 0.6 is 0 Å². The Balaban J connectivity index is 1.73. The molecule has 1 aliphatic rings. The molecular formula is C21H28N4O4. The summed E-state index contributed by atoms with van der Waals surface area (Å²) < 4.78 is 5.34. The number of rotatable bonds is 8. The fraction of sp³-hybridized carbons (Fsp3) is 0.476. The normalized spacial score (nSPS) is 14.3. The summed E-state index contributed by atoms with van der Waals surface area (Å²) in [5.74, 6) is 0.305. The zero-order valence-corrected chi connectivity index (χ0v) is 16.9. The Morgan fingerprint density at radius 1 is 1.28 bits per heavy atom. The Bertz CT molecular complexity index is 862. The number of likely N-dealkylation sites (N-methyl/N-ethyl adjacent to an activating group) is 1. The number of aryl methyl sites for hydroxylation is 1. The Morgan fingerprint density at radius 2 is 2.07 bits per heavy atom. The van der Waals surface area contributed by atoms with Gasteiger partial charge in [-0.05, 0) is 51.1 Å². The fourth-order valence-corrected chi connectivity index (χ4v) is 3.46. The van der Waals surface area contributed by atoms with E-state index in [1.54, 1.807) is 24.3 Å². The molecule has 0 saturated carbocycles. The second-order valence-electron chi connectivity index (χ2n) is 7.62. The van der Waals surface area contributed by atoms with E-state index in [2.05, 4.69) is 15.8 Å². The molecule has 0 bridgehead atoms. The second-order valence-corrected chi connectivity index (χ2v) is 7.62. The molecule has 0 radical (unpaired) electrons. The third-order valence-electron chi connectivity index (χ3n) is 5.01. The maximum Gasteiger partial charge on any atom is 0.274 e. The quantitative estimate of drug-likeness (QED) is 0.624. The van der Waals surface area contributed by atoms with Crippen molar-refractivity contribution in [3.05, 3.63) is 46.8 Å². The van der Waals surface area contributed by atoms with Crippen LogP contribution in [-0.2, 0) is 17.6 Å². The summed E-state index contributed by atoms with van der Waals surface area (Å²) in [5.41, 5.74) is 1.80. The van der Waals surface area contributed by atoms with E-state index in [9.17, 15) is 14.7 Å². The summed E-state index contributed by atoms with van der Waals surface area (Å²) in [6.45, 7) is 1.24. The predicted molar refractivity (Wildman–Crippen MR) is 108 cm³/mol. The molecule has 2 aromatic rings. The first kappa shape index (κ1) is 20.9. The van der Waals surface area contributed by atoms with Gasteiger partial charge in [0.05, 0.1) is 12.5 Å². The van der Waals surface area contributed by atoms with E-state index in [0.29, 0.717) is 12.1 Å². The topological polar surface area (TPSA) is 108 Å². The summed E-state index contributed by atoms with van der Waals surface area (Å²) in [4.78, 5) is 27.3. The van der Waals surface area contributed by atoms with Crippen LogP contribution in [0.3, 0.4) is 0 Å². The highest BCUT2D eigenvalue weighted by Gasteiger charge is 2.27. The van der Waals surface area contributed by atoms with E-state index in [-0.39, 0.29) is 29.7 Å². The average molecular weight is 400 g/mol. The molecule has 2 amide bonds. The molecule has 1 atom stereocenters. The molecule has 156 valence electrons. The van der Waals surface area contributed by atoms with Crippen LogP contribution in [-0.4, -0.2) is 54.2 Å². The monoisotopic (exact) mass is 400 g/mol. The van der Waals surface area contributed by atoms with Gasteiger partial charge in [-0.1, -0.05) is 17.3 Å². The predicted octanol–water partition coefficient (Wildman–Crippen LogP) is 1.80. The summed E-state index contributed by atoms with van der Waals surface area (Å²) in [5, 5.41) is 19.6. The first-order valence-corrected chi connectivity index (χ1v) is 9.92. The van der Waals surface area contributed by atoms with Crippen molar-refractivity contribution < 1.29 is 19.2 Å². The Kier molecular flexibility index (Phi) is 6.87. The molecule has 1 aromatic heterocycles. The highest BCUT2D eigenvalue weighted by atomic mass is 16.5. The number of aromatic nitrogens is 1. The van der Waals surface area contributed by atoms with Crippen molar-refractivity contribution in [3.8, 4) is 5.75 Å². The highest BCUT2D eigenvalue weighted by molar-refractivity contribution is 5.94. The lowest BCUT2D eigenvalue weighted by Crippen LogP contribution is -2.36. The third kappa shape index (κ3) is 5.57. The van der Waals surface area contributed by atoms with Crippen molar-refractivity contribution in [2.45, 2.75) is 38.1 Å². The molecule has 29 heavy (non-hydrogen) atoms. The lowest BCUT2D eigenvalue weighted by Gasteiger charge is -2.19. The van der Waals surface area contributed by atoms with Crippen molar-refractivity contribution in [2.75, 3.05) is 27.2 Å². The number of phenolic OH excluding ortho intramolecular Hbond substituents is 1. The van der Waals surface area contributed by atoms with Crippen molar-refractivity contribution in [2.24, 2.45) is 0 Å². The number of aromatic hydroxyl groups is 1. The molecule has 0 spiro atoms. The minimum Gasteiger partial charge on any atom is -0.508 e. The van der Waals surface area contributed by atoms with Crippen molar-refractivity contribution >= 4 is 11.8 Å². The number of carbonyl (C=O) groups excluding carboxylic acids is 2.